The van der Waals surface area contributed by atoms with E-state index in [0.29, 0.717) is 24.2 Å². The molecule has 1 saturated heterocycles. The van der Waals surface area contributed by atoms with Crippen LogP contribution < -0.4 is 5.32 Å². The zero-order valence-corrected chi connectivity index (χ0v) is 12.9. The molecule has 0 spiro atoms. The van der Waals surface area contributed by atoms with Gasteiger partial charge in [0.05, 0.1) is 5.69 Å². The summed E-state index contributed by atoms with van der Waals surface area (Å²) < 4.78 is 0. The molecule has 0 aliphatic carbocycles. The molecule has 1 unspecified atom stereocenters. The quantitative estimate of drug-likeness (QED) is 0.511. The fourth-order valence-corrected chi connectivity index (χ4v) is 2.80. The molecule has 1 aromatic rings. The van der Waals surface area contributed by atoms with E-state index in [1.807, 2.05) is 0 Å². The van der Waals surface area contributed by atoms with Crippen molar-refractivity contribution in [1.29, 1.82) is 0 Å². The Balaban J connectivity index is 1.88. The SMILES string of the molecule is CN(C)N=Nc1cccc2c1CN(C1CCC(=O)NC1=O)C2=O. The molecule has 0 radical (unpaired) electrons. The predicted octanol–water partition coefficient (Wildman–Crippen LogP) is 1.01. The molecule has 0 saturated carbocycles. The van der Waals surface area contributed by atoms with E-state index in [0.717, 1.165) is 5.56 Å². The standard InChI is InChI=1S/C15H17N5O3/c1-19(2)18-17-11-5-3-4-9-10(11)8-20(15(9)23)12-6-7-13(21)16-14(12)22/h3-5,12H,6-8H2,1-2H3,(H,16,21,22). The smallest absolute Gasteiger partial charge is 0.255 e. The van der Waals surface area contributed by atoms with Crippen molar-refractivity contribution in [2.24, 2.45) is 10.3 Å². The zero-order valence-electron chi connectivity index (χ0n) is 12.9. The van der Waals surface area contributed by atoms with Crippen molar-refractivity contribution in [2.75, 3.05) is 14.1 Å². The lowest BCUT2D eigenvalue weighted by molar-refractivity contribution is -0.136. The number of nitrogens with one attached hydrogen (secondary N) is 1. The molecule has 2 aliphatic heterocycles. The van der Waals surface area contributed by atoms with Crippen LogP contribution in [-0.2, 0) is 16.1 Å². The maximum absolute atomic E-state index is 12.6. The van der Waals surface area contributed by atoms with Gasteiger partial charge < -0.3 is 4.90 Å². The number of rotatable bonds is 3. The van der Waals surface area contributed by atoms with Crippen LogP contribution in [0.3, 0.4) is 0 Å². The summed E-state index contributed by atoms with van der Waals surface area (Å²) in [6.45, 7) is 0.295. The Morgan fingerprint density at radius 2 is 2.04 bits per heavy atom. The monoisotopic (exact) mass is 315 g/mol. The van der Waals surface area contributed by atoms with Crippen molar-refractivity contribution in [3.05, 3.63) is 29.3 Å². The van der Waals surface area contributed by atoms with Gasteiger partial charge in [-0.1, -0.05) is 11.3 Å². The number of hydrogen-bond donors (Lipinski definition) is 1. The van der Waals surface area contributed by atoms with Crippen LogP contribution in [0.15, 0.2) is 28.5 Å². The van der Waals surface area contributed by atoms with E-state index in [9.17, 15) is 14.4 Å². The second-order valence-electron chi connectivity index (χ2n) is 5.74. The van der Waals surface area contributed by atoms with Gasteiger partial charge in [0.15, 0.2) is 0 Å². The first-order valence-corrected chi connectivity index (χ1v) is 7.33. The van der Waals surface area contributed by atoms with E-state index in [1.165, 1.54) is 4.90 Å². The number of carbonyl (C=O) groups is 3. The normalized spacial score (nSPS) is 20.9. The highest BCUT2D eigenvalue weighted by Crippen LogP contribution is 2.33. The largest absolute Gasteiger partial charge is 0.322 e. The molecule has 0 bridgehead atoms. The molecule has 23 heavy (non-hydrogen) atoms. The van der Waals surface area contributed by atoms with Crippen molar-refractivity contribution in [3.8, 4) is 0 Å². The van der Waals surface area contributed by atoms with Crippen LogP contribution in [0, 0.1) is 0 Å². The van der Waals surface area contributed by atoms with Gasteiger partial charge in [0.1, 0.15) is 6.04 Å². The number of hydrogen-bond acceptors (Lipinski definition) is 5. The molecule has 2 heterocycles. The Labute approximate surface area is 133 Å². The second kappa shape index (κ2) is 5.79. The summed E-state index contributed by atoms with van der Waals surface area (Å²) in [7, 11) is 3.51. The van der Waals surface area contributed by atoms with Crippen LogP contribution in [0.2, 0.25) is 0 Å². The molecule has 0 aromatic heterocycles. The Bertz CT molecular complexity index is 713. The number of amides is 3. The van der Waals surface area contributed by atoms with E-state index in [-0.39, 0.29) is 18.2 Å². The summed E-state index contributed by atoms with van der Waals surface area (Å²) in [6, 6.07) is 4.63. The fraction of sp³-hybridized carbons (Fsp3) is 0.400. The van der Waals surface area contributed by atoms with Gasteiger partial charge in [-0.3, -0.25) is 24.7 Å². The number of benzene rings is 1. The van der Waals surface area contributed by atoms with Crippen molar-refractivity contribution in [1.82, 2.24) is 15.2 Å². The van der Waals surface area contributed by atoms with Crippen molar-refractivity contribution < 1.29 is 14.4 Å². The average molecular weight is 315 g/mol. The number of nitrogens with zero attached hydrogens (tertiary/aromatic N) is 4. The third kappa shape index (κ3) is 2.79. The number of piperidine rings is 1. The highest BCUT2D eigenvalue weighted by Gasteiger charge is 2.39. The van der Waals surface area contributed by atoms with Crippen molar-refractivity contribution >= 4 is 23.4 Å². The summed E-state index contributed by atoms with van der Waals surface area (Å²) >= 11 is 0. The number of carbonyl (C=O) groups excluding carboxylic acids is 3. The van der Waals surface area contributed by atoms with Crippen molar-refractivity contribution in [3.63, 3.8) is 0 Å². The minimum Gasteiger partial charge on any atom is -0.322 e. The van der Waals surface area contributed by atoms with Crippen molar-refractivity contribution in [2.45, 2.75) is 25.4 Å². The molecule has 8 nitrogen and oxygen atoms in total. The summed E-state index contributed by atoms with van der Waals surface area (Å²) in [6.07, 6.45) is 0.586. The Morgan fingerprint density at radius 1 is 1.26 bits per heavy atom. The van der Waals surface area contributed by atoms with Gasteiger partial charge in [0.25, 0.3) is 5.91 Å². The van der Waals surface area contributed by atoms with Gasteiger partial charge >= 0.3 is 0 Å². The lowest BCUT2D eigenvalue weighted by Gasteiger charge is -2.29. The van der Waals surface area contributed by atoms with E-state index in [4.69, 9.17) is 0 Å². The van der Waals surface area contributed by atoms with Gasteiger partial charge in [0.2, 0.25) is 11.8 Å². The van der Waals surface area contributed by atoms with Gasteiger partial charge in [-0.15, -0.1) is 5.11 Å². The molecule has 8 heteroatoms. The molecule has 1 fully saturated rings. The molecule has 1 atom stereocenters. The van der Waals surface area contributed by atoms with E-state index >= 15 is 0 Å². The topological polar surface area (TPSA) is 94.4 Å². The Kier molecular flexibility index (Phi) is 3.81. The highest BCUT2D eigenvalue weighted by molar-refractivity contribution is 6.05. The summed E-state index contributed by atoms with van der Waals surface area (Å²) in [5, 5.41) is 12.0. The first-order valence-electron chi connectivity index (χ1n) is 7.33. The molecular formula is C15H17N5O3. The van der Waals surface area contributed by atoms with Gasteiger partial charge in [0, 0.05) is 38.2 Å². The third-order valence-electron chi connectivity index (χ3n) is 3.89. The number of imide groups is 1. The molecular weight excluding hydrogens is 298 g/mol. The van der Waals surface area contributed by atoms with Crippen LogP contribution in [0.1, 0.15) is 28.8 Å². The Hall–Kier alpha value is -2.77. The molecule has 120 valence electrons. The molecule has 3 amide bonds. The summed E-state index contributed by atoms with van der Waals surface area (Å²) in [5.74, 6) is -0.925. The lowest BCUT2D eigenvalue weighted by Crippen LogP contribution is -2.52. The van der Waals surface area contributed by atoms with E-state index in [1.54, 1.807) is 37.3 Å². The zero-order chi connectivity index (χ0) is 16.6. The van der Waals surface area contributed by atoms with E-state index < -0.39 is 11.9 Å². The number of fused-ring (bicyclic) bond motifs is 1. The first-order chi connectivity index (χ1) is 11.0. The summed E-state index contributed by atoms with van der Waals surface area (Å²) in [5.41, 5.74) is 1.90. The molecule has 1 N–H and O–H groups in total. The predicted molar refractivity (Wildman–Crippen MR) is 80.7 cm³/mol. The van der Waals surface area contributed by atoms with Gasteiger partial charge in [-0.25, -0.2) is 0 Å². The Morgan fingerprint density at radius 3 is 2.74 bits per heavy atom. The lowest BCUT2D eigenvalue weighted by atomic mass is 10.0. The minimum absolute atomic E-state index is 0.212. The third-order valence-corrected chi connectivity index (χ3v) is 3.89. The molecule has 1 aromatic carbocycles. The maximum atomic E-state index is 12.6. The fourth-order valence-electron chi connectivity index (χ4n) is 2.80. The minimum atomic E-state index is -0.619. The second-order valence-corrected chi connectivity index (χ2v) is 5.74. The summed E-state index contributed by atoms with van der Waals surface area (Å²) in [4.78, 5) is 37.4. The first kappa shape index (κ1) is 15.1. The van der Waals surface area contributed by atoms with Crippen LogP contribution >= 0.6 is 0 Å². The average Bonchev–Trinajstić information content (AvgIpc) is 2.83. The van der Waals surface area contributed by atoms with Crippen LogP contribution in [0.4, 0.5) is 5.69 Å². The molecule has 2 aliphatic rings. The molecule has 3 rings (SSSR count). The highest BCUT2D eigenvalue weighted by atomic mass is 16.2. The van der Waals surface area contributed by atoms with Gasteiger partial charge in [-0.05, 0) is 18.6 Å². The van der Waals surface area contributed by atoms with Gasteiger partial charge in [-0.2, -0.15) is 0 Å². The van der Waals surface area contributed by atoms with Crippen LogP contribution in [0.5, 0.6) is 0 Å². The van der Waals surface area contributed by atoms with E-state index in [2.05, 4.69) is 15.7 Å². The van der Waals surface area contributed by atoms with Crippen LogP contribution in [-0.4, -0.2) is 47.8 Å². The maximum Gasteiger partial charge on any atom is 0.255 e. The van der Waals surface area contributed by atoms with Crippen LogP contribution in [0.25, 0.3) is 0 Å².